The lowest BCUT2D eigenvalue weighted by Gasteiger charge is -2.19. The normalized spacial score (nSPS) is 9.84. The fraction of sp³-hybridized carbons (Fsp3) is 0.364. The summed E-state index contributed by atoms with van der Waals surface area (Å²) in [5.74, 6) is 5.19. The summed E-state index contributed by atoms with van der Waals surface area (Å²) in [4.78, 5) is 23.2. The van der Waals surface area contributed by atoms with Crippen LogP contribution in [0.4, 0.5) is 17.1 Å². The molecule has 0 spiro atoms. The molecule has 1 amide bonds. The van der Waals surface area contributed by atoms with Gasteiger partial charge >= 0.3 is 0 Å². The minimum Gasteiger partial charge on any atom is -0.374 e. The first kappa shape index (κ1) is 14.7. The van der Waals surface area contributed by atoms with Crippen LogP contribution in [0, 0.1) is 10.1 Å². The second-order valence-electron chi connectivity index (χ2n) is 3.98. The van der Waals surface area contributed by atoms with Crippen molar-refractivity contribution in [2.45, 2.75) is 6.42 Å². The van der Waals surface area contributed by atoms with E-state index in [-0.39, 0.29) is 11.6 Å². The second kappa shape index (κ2) is 6.55. The Morgan fingerprint density at radius 3 is 2.68 bits per heavy atom. The van der Waals surface area contributed by atoms with Crippen molar-refractivity contribution in [2.75, 3.05) is 31.0 Å². The monoisotopic (exact) mass is 267 g/mol. The molecule has 0 unspecified atom stereocenters. The Bertz CT molecular complexity index is 477. The number of hydrazine groups is 1. The molecule has 1 aromatic rings. The second-order valence-corrected chi connectivity index (χ2v) is 3.98. The number of amides is 1. The molecule has 1 rings (SSSR count). The molecule has 0 heterocycles. The number of carbonyl (C=O) groups is 1. The molecule has 4 N–H and O–H groups in total. The van der Waals surface area contributed by atoms with Crippen LogP contribution in [0.15, 0.2) is 18.2 Å². The summed E-state index contributed by atoms with van der Waals surface area (Å²) in [5.41, 5.74) is 3.38. The van der Waals surface area contributed by atoms with Crippen LogP contribution in [0.3, 0.4) is 0 Å². The zero-order chi connectivity index (χ0) is 14.4. The summed E-state index contributed by atoms with van der Waals surface area (Å²) in [5, 5.41) is 13.3. The average Bonchev–Trinajstić information content (AvgIpc) is 2.43. The van der Waals surface area contributed by atoms with E-state index in [4.69, 9.17) is 5.84 Å². The number of nitro benzene ring substituents is 1. The third kappa shape index (κ3) is 4.11. The Hall–Kier alpha value is -2.35. The van der Waals surface area contributed by atoms with Gasteiger partial charge in [0.25, 0.3) is 5.69 Å². The smallest absolute Gasteiger partial charge is 0.273 e. The third-order valence-electron chi connectivity index (χ3n) is 2.67. The van der Waals surface area contributed by atoms with Gasteiger partial charge in [-0.25, -0.2) is 0 Å². The predicted octanol–water partition coefficient (Wildman–Crippen LogP) is 0.453. The molecular formula is C11H17N5O3. The van der Waals surface area contributed by atoms with E-state index in [1.54, 1.807) is 25.1 Å². The molecule has 19 heavy (non-hydrogen) atoms. The largest absolute Gasteiger partial charge is 0.374 e. The number of rotatable bonds is 6. The molecule has 0 aliphatic carbocycles. The van der Waals surface area contributed by atoms with E-state index in [0.29, 0.717) is 24.3 Å². The highest BCUT2D eigenvalue weighted by atomic mass is 16.6. The first-order chi connectivity index (χ1) is 8.97. The van der Waals surface area contributed by atoms with Crippen LogP contribution in [0.25, 0.3) is 0 Å². The number of nitrogens with zero attached hydrogens (tertiary/aromatic N) is 2. The van der Waals surface area contributed by atoms with Crippen LogP contribution < -0.4 is 21.5 Å². The number of nitro groups is 1. The van der Waals surface area contributed by atoms with E-state index >= 15 is 0 Å². The first-order valence-electron chi connectivity index (χ1n) is 5.65. The van der Waals surface area contributed by atoms with Crippen LogP contribution >= 0.6 is 0 Å². The van der Waals surface area contributed by atoms with Gasteiger partial charge in [0.1, 0.15) is 0 Å². The minimum atomic E-state index is -0.489. The van der Waals surface area contributed by atoms with Crippen LogP contribution in [-0.4, -0.2) is 31.5 Å². The number of hydrogen-bond donors (Lipinski definition) is 3. The molecule has 104 valence electrons. The first-order valence-corrected chi connectivity index (χ1v) is 5.65. The van der Waals surface area contributed by atoms with Crippen LogP contribution in [0.2, 0.25) is 0 Å². The Morgan fingerprint density at radius 2 is 2.16 bits per heavy atom. The Labute approximate surface area is 110 Å². The number of carbonyl (C=O) groups excluding carboxylic acids is 1. The standard InChI is InChI=1S/C11H17N5O3/c1-13-11(17)3-4-15(2)9-5-8(14-12)6-10(7-9)16(18)19/h5-7,14H,3-4,12H2,1-2H3,(H,13,17). The predicted molar refractivity (Wildman–Crippen MR) is 72.9 cm³/mol. The van der Waals surface area contributed by atoms with Crippen LogP contribution in [0.5, 0.6) is 0 Å². The van der Waals surface area contributed by atoms with Gasteiger partial charge in [-0.3, -0.25) is 20.8 Å². The number of nitrogens with two attached hydrogens (primary N) is 1. The maximum absolute atomic E-state index is 11.2. The number of non-ortho nitro benzene ring substituents is 1. The highest BCUT2D eigenvalue weighted by molar-refractivity contribution is 5.76. The summed E-state index contributed by atoms with van der Waals surface area (Å²) in [6.45, 7) is 0.449. The third-order valence-corrected chi connectivity index (χ3v) is 2.67. The number of hydrogen-bond acceptors (Lipinski definition) is 6. The summed E-state index contributed by atoms with van der Waals surface area (Å²) in [7, 11) is 3.31. The molecule has 0 atom stereocenters. The zero-order valence-electron chi connectivity index (χ0n) is 10.8. The summed E-state index contributed by atoms with van der Waals surface area (Å²) in [6, 6.07) is 4.46. The van der Waals surface area contributed by atoms with Gasteiger partial charge in [0.15, 0.2) is 0 Å². The molecule has 0 bridgehead atoms. The van der Waals surface area contributed by atoms with Gasteiger partial charge in [0, 0.05) is 44.9 Å². The zero-order valence-corrected chi connectivity index (χ0v) is 10.8. The van der Waals surface area contributed by atoms with Gasteiger partial charge in [-0.1, -0.05) is 0 Å². The fourth-order valence-electron chi connectivity index (χ4n) is 1.53. The van der Waals surface area contributed by atoms with Crippen LogP contribution in [0.1, 0.15) is 6.42 Å². The van der Waals surface area contributed by atoms with Gasteiger partial charge in [-0.15, -0.1) is 0 Å². The minimum absolute atomic E-state index is 0.0581. The molecule has 1 aromatic carbocycles. The quantitative estimate of drug-likeness (QED) is 0.392. The lowest BCUT2D eigenvalue weighted by Crippen LogP contribution is -2.26. The molecule has 0 aliphatic heterocycles. The van der Waals surface area contributed by atoms with Crippen molar-refractivity contribution < 1.29 is 9.72 Å². The summed E-state index contributed by atoms with van der Waals surface area (Å²) >= 11 is 0. The topological polar surface area (TPSA) is 114 Å². The molecule has 0 aromatic heterocycles. The van der Waals surface area contributed by atoms with E-state index in [0.717, 1.165) is 0 Å². The van der Waals surface area contributed by atoms with Gasteiger partial charge in [0.05, 0.1) is 10.6 Å². The number of anilines is 2. The highest BCUT2D eigenvalue weighted by Crippen LogP contribution is 2.25. The van der Waals surface area contributed by atoms with Gasteiger partial charge < -0.3 is 15.6 Å². The Morgan fingerprint density at radius 1 is 1.47 bits per heavy atom. The number of nitrogens with one attached hydrogen (secondary N) is 2. The van der Waals surface area contributed by atoms with E-state index in [1.807, 2.05) is 0 Å². The molecule has 8 nitrogen and oxygen atoms in total. The lowest BCUT2D eigenvalue weighted by molar-refractivity contribution is -0.384. The molecule has 0 fully saturated rings. The fourth-order valence-corrected chi connectivity index (χ4v) is 1.53. The molecule has 0 aliphatic rings. The number of benzene rings is 1. The average molecular weight is 267 g/mol. The molecule has 8 heteroatoms. The van der Waals surface area contributed by atoms with Crippen molar-refractivity contribution in [3.8, 4) is 0 Å². The number of nitrogen functional groups attached to an aromatic ring is 1. The van der Waals surface area contributed by atoms with Crippen molar-refractivity contribution in [3.63, 3.8) is 0 Å². The van der Waals surface area contributed by atoms with Gasteiger partial charge in [-0.05, 0) is 6.07 Å². The van der Waals surface area contributed by atoms with Crippen molar-refractivity contribution in [1.82, 2.24) is 5.32 Å². The highest BCUT2D eigenvalue weighted by Gasteiger charge is 2.12. The maximum Gasteiger partial charge on any atom is 0.273 e. The van der Waals surface area contributed by atoms with E-state index in [9.17, 15) is 14.9 Å². The van der Waals surface area contributed by atoms with Crippen molar-refractivity contribution in [3.05, 3.63) is 28.3 Å². The Balaban J connectivity index is 2.89. The summed E-state index contributed by atoms with van der Waals surface area (Å²) < 4.78 is 0. The van der Waals surface area contributed by atoms with Crippen molar-refractivity contribution in [2.24, 2.45) is 5.84 Å². The maximum atomic E-state index is 11.2. The van der Waals surface area contributed by atoms with E-state index < -0.39 is 4.92 Å². The molecular weight excluding hydrogens is 250 g/mol. The molecule has 0 saturated carbocycles. The van der Waals surface area contributed by atoms with E-state index in [2.05, 4.69) is 10.7 Å². The van der Waals surface area contributed by atoms with Crippen molar-refractivity contribution >= 4 is 23.0 Å². The summed E-state index contributed by atoms with van der Waals surface area (Å²) in [6.07, 6.45) is 0.307. The van der Waals surface area contributed by atoms with Gasteiger partial charge in [0.2, 0.25) is 5.91 Å². The Kier molecular flexibility index (Phi) is 5.07. The lowest BCUT2D eigenvalue weighted by atomic mass is 10.2. The van der Waals surface area contributed by atoms with Gasteiger partial charge in [-0.2, -0.15) is 0 Å². The van der Waals surface area contributed by atoms with Crippen molar-refractivity contribution in [1.29, 1.82) is 0 Å². The molecule has 0 saturated heterocycles. The molecule has 0 radical (unpaired) electrons. The van der Waals surface area contributed by atoms with E-state index in [1.165, 1.54) is 12.1 Å². The van der Waals surface area contributed by atoms with Crippen LogP contribution in [-0.2, 0) is 4.79 Å². The SMILES string of the molecule is CNC(=O)CCN(C)c1cc(NN)cc([N+](=O)[O-])c1.